The van der Waals surface area contributed by atoms with Crippen LogP contribution in [-0.4, -0.2) is 55.5 Å². The van der Waals surface area contributed by atoms with Crippen LogP contribution in [-0.2, 0) is 0 Å². The molecular formula is C20H31N3O. The largest absolute Gasteiger partial charge is 0.381 e. The Morgan fingerprint density at radius 1 is 1.25 bits per heavy atom. The maximum atomic E-state index is 12.7. The fourth-order valence-corrected chi connectivity index (χ4v) is 3.20. The van der Waals surface area contributed by atoms with Crippen molar-refractivity contribution in [3.63, 3.8) is 0 Å². The van der Waals surface area contributed by atoms with Crippen molar-refractivity contribution in [3.05, 3.63) is 42.5 Å². The lowest BCUT2D eigenvalue weighted by Crippen LogP contribution is -2.32. The molecule has 0 saturated carbocycles. The van der Waals surface area contributed by atoms with Gasteiger partial charge in [0.1, 0.15) is 0 Å². The molecule has 1 heterocycles. The lowest BCUT2D eigenvalue weighted by Gasteiger charge is -2.23. The first-order valence-corrected chi connectivity index (χ1v) is 9.14. The van der Waals surface area contributed by atoms with Gasteiger partial charge in [0.05, 0.1) is 5.56 Å². The van der Waals surface area contributed by atoms with E-state index in [0.717, 1.165) is 30.8 Å². The minimum absolute atomic E-state index is 0.0815. The maximum absolute atomic E-state index is 12.7. The average molecular weight is 329 g/mol. The van der Waals surface area contributed by atoms with Gasteiger partial charge in [-0.3, -0.25) is 4.79 Å². The van der Waals surface area contributed by atoms with Gasteiger partial charge in [-0.25, -0.2) is 0 Å². The van der Waals surface area contributed by atoms with E-state index in [0.29, 0.717) is 6.54 Å². The van der Waals surface area contributed by atoms with Gasteiger partial charge in [0.25, 0.3) is 5.91 Å². The molecule has 1 fully saturated rings. The number of benzene rings is 1. The molecule has 1 saturated heterocycles. The summed E-state index contributed by atoms with van der Waals surface area (Å²) in [5.41, 5.74) is 1.61. The molecule has 4 nitrogen and oxygen atoms in total. The zero-order chi connectivity index (χ0) is 17.2. The van der Waals surface area contributed by atoms with Gasteiger partial charge >= 0.3 is 0 Å². The van der Waals surface area contributed by atoms with Gasteiger partial charge in [0.2, 0.25) is 0 Å². The number of anilines is 1. The Labute approximate surface area is 146 Å². The van der Waals surface area contributed by atoms with Crippen LogP contribution in [0.3, 0.4) is 0 Å². The van der Waals surface area contributed by atoms with Crippen molar-refractivity contribution >= 4 is 11.6 Å². The highest BCUT2D eigenvalue weighted by Crippen LogP contribution is 2.17. The average Bonchev–Trinajstić information content (AvgIpc) is 2.88. The van der Waals surface area contributed by atoms with E-state index in [1.165, 1.54) is 38.8 Å². The van der Waals surface area contributed by atoms with Gasteiger partial charge < -0.3 is 15.1 Å². The van der Waals surface area contributed by atoms with E-state index >= 15 is 0 Å². The number of para-hydroxylation sites is 1. The number of likely N-dealkylation sites (tertiary alicyclic amines) is 1. The summed E-state index contributed by atoms with van der Waals surface area (Å²) < 4.78 is 0. The number of rotatable bonds is 8. The monoisotopic (exact) mass is 329 g/mol. The Kier molecular flexibility index (Phi) is 7.83. The number of nitrogens with zero attached hydrogens (tertiary/aromatic N) is 2. The standard InChI is InChI=1S/C20H31N3O/c1-3-13-21-19-12-7-6-11-18(19)20(24)22(2)14-10-17-23-15-8-4-5-9-16-23/h3,6-7,11-12,21H,1,4-5,8-10,13-17H2,2H3. The second-order valence-corrected chi connectivity index (χ2v) is 6.55. The molecule has 1 aromatic rings. The number of carbonyl (C=O) groups is 1. The van der Waals surface area contributed by atoms with Crippen LogP contribution in [0.1, 0.15) is 42.5 Å². The molecule has 1 N–H and O–H groups in total. The third-order valence-corrected chi connectivity index (χ3v) is 4.61. The van der Waals surface area contributed by atoms with E-state index in [1.54, 1.807) is 6.08 Å². The fourth-order valence-electron chi connectivity index (χ4n) is 3.20. The third-order valence-electron chi connectivity index (χ3n) is 4.61. The van der Waals surface area contributed by atoms with Crippen LogP contribution in [0.25, 0.3) is 0 Å². The van der Waals surface area contributed by atoms with Crippen LogP contribution in [0.2, 0.25) is 0 Å². The second-order valence-electron chi connectivity index (χ2n) is 6.55. The van der Waals surface area contributed by atoms with Gasteiger partial charge in [-0.15, -0.1) is 6.58 Å². The topological polar surface area (TPSA) is 35.6 Å². The van der Waals surface area contributed by atoms with E-state index in [9.17, 15) is 4.79 Å². The smallest absolute Gasteiger partial charge is 0.255 e. The molecule has 0 aliphatic carbocycles. The van der Waals surface area contributed by atoms with Crippen LogP contribution in [0.5, 0.6) is 0 Å². The molecule has 0 bridgehead atoms. The van der Waals surface area contributed by atoms with E-state index < -0.39 is 0 Å². The van der Waals surface area contributed by atoms with Crippen molar-refractivity contribution in [2.24, 2.45) is 0 Å². The fraction of sp³-hybridized carbons (Fsp3) is 0.550. The Morgan fingerprint density at radius 3 is 2.67 bits per heavy atom. The summed E-state index contributed by atoms with van der Waals surface area (Å²) in [5.74, 6) is 0.0815. The summed E-state index contributed by atoms with van der Waals surface area (Å²) >= 11 is 0. The second kappa shape index (κ2) is 10.1. The van der Waals surface area contributed by atoms with Crippen LogP contribution in [0, 0.1) is 0 Å². The first-order chi connectivity index (χ1) is 11.7. The molecule has 1 aliphatic rings. The van der Waals surface area contributed by atoms with Gasteiger partial charge in [-0.05, 0) is 51.0 Å². The van der Waals surface area contributed by atoms with Crippen LogP contribution in [0.4, 0.5) is 5.69 Å². The third kappa shape index (κ3) is 5.68. The van der Waals surface area contributed by atoms with Crippen LogP contribution >= 0.6 is 0 Å². The van der Waals surface area contributed by atoms with Gasteiger partial charge in [0, 0.05) is 25.8 Å². The first kappa shape index (κ1) is 18.5. The zero-order valence-electron chi connectivity index (χ0n) is 15.0. The summed E-state index contributed by atoms with van der Waals surface area (Å²) in [7, 11) is 1.90. The number of hydrogen-bond acceptors (Lipinski definition) is 3. The van der Waals surface area contributed by atoms with Crippen LogP contribution < -0.4 is 5.32 Å². The molecule has 1 aromatic carbocycles. The highest BCUT2D eigenvalue weighted by Gasteiger charge is 2.15. The van der Waals surface area contributed by atoms with Crippen molar-refractivity contribution in [1.82, 2.24) is 9.80 Å². The Balaban J connectivity index is 1.84. The minimum Gasteiger partial charge on any atom is -0.381 e. The predicted octanol–water partition coefficient (Wildman–Crippen LogP) is 3.62. The molecule has 0 spiro atoms. The van der Waals surface area contributed by atoms with Gasteiger partial charge in [-0.2, -0.15) is 0 Å². The van der Waals surface area contributed by atoms with Crippen molar-refractivity contribution in [3.8, 4) is 0 Å². The van der Waals surface area contributed by atoms with E-state index in [1.807, 2.05) is 36.2 Å². The Bertz CT molecular complexity index is 521. The van der Waals surface area contributed by atoms with E-state index in [4.69, 9.17) is 0 Å². The van der Waals surface area contributed by atoms with Crippen molar-refractivity contribution in [2.75, 3.05) is 45.1 Å². The van der Waals surface area contributed by atoms with Crippen molar-refractivity contribution in [2.45, 2.75) is 32.1 Å². The Morgan fingerprint density at radius 2 is 1.96 bits per heavy atom. The molecule has 24 heavy (non-hydrogen) atoms. The molecule has 4 heteroatoms. The predicted molar refractivity (Wildman–Crippen MR) is 102 cm³/mol. The van der Waals surface area contributed by atoms with Crippen LogP contribution in [0.15, 0.2) is 36.9 Å². The number of carbonyl (C=O) groups excluding carboxylic acids is 1. The lowest BCUT2D eigenvalue weighted by atomic mass is 10.1. The minimum atomic E-state index is 0.0815. The van der Waals surface area contributed by atoms with Gasteiger partial charge in [-0.1, -0.05) is 31.1 Å². The first-order valence-electron chi connectivity index (χ1n) is 9.14. The molecule has 0 radical (unpaired) electrons. The zero-order valence-corrected chi connectivity index (χ0v) is 15.0. The summed E-state index contributed by atoms with van der Waals surface area (Å²) in [5, 5.41) is 3.24. The summed E-state index contributed by atoms with van der Waals surface area (Å²) in [4.78, 5) is 17.1. The Hall–Kier alpha value is -1.81. The van der Waals surface area contributed by atoms with E-state index in [2.05, 4.69) is 16.8 Å². The maximum Gasteiger partial charge on any atom is 0.255 e. The lowest BCUT2D eigenvalue weighted by molar-refractivity contribution is 0.0789. The van der Waals surface area contributed by atoms with Gasteiger partial charge in [0.15, 0.2) is 0 Å². The normalized spacial score (nSPS) is 15.5. The van der Waals surface area contributed by atoms with E-state index in [-0.39, 0.29) is 5.91 Å². The number of hydrogen-bond donors (Lipinski definition) is 1. The number of nitrogens with one attached hydrogen (secondary N) is 1. The van der Waals surface area contributed by atoms with Crippen molar-refractivity contribution in [1.29, 1.82) is 0 Å². The molecule has 132 valence electrons. The molecule has 0 aromatic heterocycles. The molecule has 2 rings (SSSR count). The SMILES string of the molecule is C=CCNc1ccccc1C(=O)N(C)CCCN1CCCCCC1. The quantitative estimate of drug-likeness (QED) is 0.740. The molecule has 1 aliphatic heterocycles. The number of amides is 1. The molecule has 1 amide bonds. The van der Waals surface area contributed by atoms with Crippen molar-refractivity contribution < 1.29 is 4.79 Å². The summed E-state index contributed by atoms with van der Waals surface area (Å²) in [6, 6.07) is 7.69. The molecule has 0 atom stereocenters. The summed E-state index contributed by atoms with van der Waals surface area (Å²) in [6.45, 7) is 8.69. The molecule has 0 unspecified atom stereocenters. The highest BCUT2D eigenvalue weighted by atomic mass is 16.2. The molecular weight excluding hydrogens is 298 g/mol. The highest BCUT2D eigenvalue weighted by molar-refractivity contribution is 5.99. The summed E-state index contributed by atoms with van der Waals surface area (Å²) in [6.07, 6.45) is 8.19.